The first-order chi connectivity index (χ1) is 7.23. The van der Waals surface area contributed by atoms with E-state index in [1.165, 1.54) is 19.1 Å². The highest BCUT2D eigenvalue weighted by molar-refractivity contribution is 7.90. The van der Waals surface area contributed by atoms with Gasteiger partial charge in [-0.15, -0.1) is 0 Å². The summed E-state index contributed by atoms with van der Waals surface area (Å²) in [5.41, 5.74) is 0.664. The molecular formula is C11H13ClO3S. The van der Waals surface area contributed by atoms with Crippen LogP contribution in [0, 0.1) is 0 Å². The number of sulfone groups is 1. The number of carbonyl (C=O) groups is 1. The third kappa shape index (κ3) is 2.83. The van der Waals surface area contributed by atoms with Gasteiger partial charge in [-0.1, -0.05) is 24.6 Å². The highest BCUT2D eigenvalue weighted by Crippen LogP contribution is 2.26. The van der Waals surface area contributed by atoms with Crippen molar-refractivity contribution in [2.24, 2.45) is 0 Å². The Morgan fingerprint density at radius 1 is 1.38 bits per heavy atom. The first-order valence-corrected chi connectivity index (χ1v) is 7.00. The van der Waals surface area contributed by atoms with Crippen LogP contribution in [0.15, 0.2) is 23.1 Å². The van der Waals surface area contributed by atoms with Crippen molar-refractivity contribution in [3.05, 3.63) is 28.8 Å². The minimum atomic E-state index is -3.36. The van der Waals surface area contributed by atoms with E-state index in [1.807, 2.05) is 0 Å². The molecule has 1 unspecified atom stereocenters. The summed E-state index contributed by atoms with van der Waals surface area (Å²) in [4.78, 5) is 11.3. The number of benzene rings is 1. The van der Waals surface area contributed by atoms with Gasteiger partial charge in [0.1, 0.15) is 5.78 Å². The SMILES string of the molecule is CC(=O)C(C)c1ccc(Cl)c(S(C)(=O)=O)c1. The lowest BCUT2D eigenvalue weighted by atomic mass is 9.98. The smallest absolute Gasteiger partial charge is 0.177 e. The lowest BCUT2D eigenvalue weighted by Crippen LogP contribution is -2.06. The largest absolute Gasteiger partial charge is 0.299 e. The molecule has 88 valence electrons. The maximum Gasteiger partial charge on any atom is 0.177 e. The van der Waals surface area contributed by atoms with E-state index in [4.69, 9.17) is 11.6 Å². The van der Waals surface area contributed by atoms with Crippen molar-refractivity contribution >= 4 is 27.2 Å². The molecule has 1 aromatic rings. The van der Waals surface area contributed by atoms with Gasteiger partial charge < -0.3 is 0 Å². The second kappa shape index (κ2) is 4.55. The van der Waals surface area contributed by atoms with Gasteiger partial charge in [-0.2, -0.15) is 0 Å². The highest BCUT2D eigenvalue weighted by atomic mass is 35.5. The fourth-order valence-electron chi connectivity index (χ4n) is 1.31. The number of rotatable bonds is 3. The number of hydrogen-bond donors (Lipinski definition) is 0. The summed E-state index contributed by atoms with van der Waals surface area (Å²) in [5, 5.41) is 0.182. The van der Waals surface area contributed by atoms with Gasteiger partial charge in [0.2, 0.25) is 0 Å². The molecule has 1 rings (SSSR count). The zero-order valence-electron chi connectivity index (χ0n) is 9.32. The van der Waals surface area contributed by atoms with Crippen molar-refractivity contribution in [3.8, 4) is 0 Å². The third-order valence-corrected chi connectivity index (χ3v) is 4.04. The summed E-state index contributed by atoms with van der Waals surface area (Å²) >= 11 is 5.80. The van der Waals surface area contributed by atoms with Crippen molar-refractivity contribution in [1.82, 2.24) is 0 Å². The van der Waals surface area contributed by atoms with Crippen molar-refractivity contribution in [2.45, 2.75) is 24.7 Å². The van der Waals surface area contributed by atoms with Gasteiger partial charge in [-0.25, -0.2) is 8.42 Å². The zero-order valence-corrected chi connectivity index (χ0v) is 10.9. The molecule has 0 saturated carbocycles. The maximum absolute atomic E-state index is 11.4. The molecule has 16 heavy (non-hydrogen) atoms. The number of ketones is 1. The van der Waals surface area contributed by atoms with Crippen LogP contribution in [0.1, 0.15) is 25.3 Å². The predicted octanol–water partition coefficient (Wildman–Crippen LogP) is 2.44. The van der Waals surface area contributed by atoms with E-state index >= 15 is 0 Å². The molecule has 3 nitrogen and oxygen atoms in total. The molecule has 0 bridgehead atoms. The summed E-state index contributed by atoms with van der Waals surface area (Å²) in [6.07, 6.45) is 1.09. The molecule has 5 heteroatoms. The second-order valence-electron chi connectivity index (χ2n) is 3.79. The molecule has 0 aliphatic carbocycles. The molecule has 0 saturated heterocycles. The van der Waals surface area contributed by atoms with Crippen molar-refractivity contribution in [1.29, 1.82) is 0 Å². The van der Waals surface area contributed by atoms with Crippen molar-refractivity contribution in [2.75, 3.05) is 6.26 Å². The molecule has 0 spiro atoms. The van der Waals surface area contributed by atoms with Gasteiger partial charge in [0.05, 0.1) is 9.92 Å². The zero-order chi connectivity index (χ0) is 12.5. The van der Waals surface area contributed by atoms with Crippen LogP contribution >= 0.6 is 11.6 Å². The lowest BCUT2D eigenvalue weighted by Gasteiger charge is -2.10. The second-order valence-corrected chi connectivity index (χ2v) is 6.19. The molecule has 0 fully saturated rings. The van der Waals surface area contributed by atoms with E-state index in [2.05, 4.69) is 0 Å². The van der Waals surface area contributed by atoms with Gasteiger partial charge in [0.25, 0.3) is 0 Å². The first-order valence-electron chi connectivity index (χ1n) is 4.73. The van der Waals surface area contributed by atoms with Crippen LogP contribution in [0.4, 0.5) is 0 Å². The number of halogens is 1. The van der Waals surface area contributed by atoms with Crippen LogP contribution < -0.4 is 0 Å². The van der Waals surface area contributed by atoms with E-state index in [0.717, 1.165) is 6.26 Å². The quantitative estimate of drug-likeness (QED) is 0.839. The molecule has 0 aliphatic rings. The monoisotopic (exact) mass is 260 g/mol. The van der Waals surface area contributed by atoms with Crippen LogP contribution in [0.3, 0.4) is 0 Å². The Morgan fingerprint density at radius 2 is 1.94 bits per heavy atom. The Kier molecular flexibility index (Phi) is 3.76. The van der Waals surface area contributed by atoms with Crippen LogP contribution in [-0.4, -0.2) is 20.5 Å². The Hall–Kier alpha value is -0.870. The van der Waals surface area contributed by atoms with Crippen LogP contribution in [0.5, 0.6) is 0 Å². The maximum atomic E-state index is 11.4. The minimum Gasteiger partial charge on any atom is -0.299 e. The van der Waals surface area contributed by atoms with Gasteiger partial charge in [-0.3, -0.25) is 4.79 Å². The fraction of sp³-hybridized carbons (Fsp3) is 0.364. The summed E-state index contributed by atoms with van der Waals surface area (Å²) in [7, 11) is -3.36. The van der Waals surface area contributed by atoms with Crippen LogP contribution in [-0.2, 0) is 14.6 Å². The number of Topliss-reactive ketones (excluding diaryl/α,β-unsaturated/α-hetero) is 1. The number of carbonyl (C=O) groups excluding carboxylic acids is 1. The standard InChI is InChI=1S/C11H13ClO3S/c1-7(8(2)13)9-4-5-10(12)11(6-9)16(3,14)15/h4-7H,1-3H3. The summed E-state index contributed by atoms with van der Waals surface area (Å²) < 4.78 is 22.9. The summed E-state index contributed by atoms with van der Waals surface area (Å²) in [5.74, 6) is -0.334. The molecule has 0 N–H and O–H groups in total. The van der Waals surface area contributed by atoms with Gasteiger partial charge in [-0.05, 0) is 24.6 Å². The predicted molar refractivity (Wildman–Crippen MR) is 63.7 cm³/mol. The third-order valence-electron chi connectivity index (χ3n) is 2.46. The van der Waals surface area contributed by atoms with Gasteiger partial charge in [0, 0.05) is 12.2 Å². The molecular weight excluding hydrogens is 248 g/mol. The molecule has 1 atom stereocenters. The molecule has 1 aromatic carbocycles. The van der Waals surface area contributed by atoms with E-state index in [9.17, 15) is 13.2 Å². The molecule has 0 aromatic heterocycles. The Morgan fingerprint density at radius 3 is 2.38 bits per heavy atom. The lowest BCUT2D eigenvalue weighted by molar-refractivity contribution is -0.118. The average Bonchev–Trinajstić information content (AvgIpc) is 2.15. The Bertz CT molecular complexity index is 520. The van der Waals surface area contributed by atoms with Gasteiger partial charge in [0.15, 0.2) is 9.84 Å². The number of hydrogen-bond acceptors (Lipinski definition) is 3. The van der Waals surface area contributed by atoms with Crippen molar-refractivity contribution < 1.29 is 13.2 Å². The van der Waals surface area contributed by atoms with Crippen LogP contribution in [0.25, 0.3) is 0 Å². The summed E-state index contributed by atoms with van der Waals surface area (Å²) in [6.45, 7) is 3.21. The average molecular weight is 261 g/mol. The van der Waals surface area contributed by atoms with E-state index in [0.29, 0.717) is 5.56 Å². The van der Waals surface area contributed by atoms with Crippen molar-refractivity contribution in [3.63, 3.8) is 0 Å². The van der Waals surface area contributed by atoms with E-state index in [1.54, 1.807) is 13.0 Å². The first kappa shape index (κ1) is 13.2. The molecule has 0 aliphatic heterocycles. The summed E-state index contributed by atoms with van der Waals surface area (Å²) in [6, 6.07) is 4.64. The van der Waals surface area contributed by atoms with E-state index in [-0.39, 0.29) is 21.6 Å². The Balaban J connectivity index is 3.34. The normalized spacial score (nSPS) is 13.5. The molecule has 0 heterocycles. The van der Waals surface area contributed by atoms with E-state index < -0.39 is 9.84 Å². The highest BCUT2D eigenvalue weighted by Gasteiger charge is 2.17. The Labute approximate surface area is 100 Å². The fourth-order valence-corrected chi connectivity index (χ4v) is 2.62. The minimum absolute atomic E-state index is 0.0122. The molecule has 0 radical (unpaired) electrons. The molecule has 0 amide bonds. The van der Waals surface area contributed by atoms with Crippen LogP contribution in [0.2, 0.25) is 5.02 Å². The van der Waals surface area contributed by atoms with Gasteiger partial charge >= 0.3 is 0 Å². The topological polar surface area (TPSA) is 51.2 Å².